The first-order valence-corrected chi connectivity index (χ1v) is 6.72. The number of aryl methyl sites for hydroxylation is 1. The summed E-state index contributed by atoms with van der Waals surface area (Å²) >= 11 is 0.860. The molecule has 1 aromatic carbocycles. The monoisotopic (exact) mass is 302 g/mol. The number of rotatable bonds is 4. The number of oxazole rings is 1. The van der Waals surface area contributed by atoms with Gasteiger partial charge in [0.25, 0.3) is 5.22 Å². The van der Waals surface area contributed by atoms with Gasteiger partial charge in [-0.15, -0.1) is 0 Å². The predicted molar refractivity (Wildman–Crippen MR) is 69.6 cm³/mol. The van der Waals surface area contributed by atoms with E-state index in [9.17, 15) is 13.2 Å². The minimum absolute atomic E-state index is 0.0696. The summed E-state index contributed by atoms with van der Waals surface area (Å²) in [5.41, 5.74) is 5.87. The van der Waals surface area contributed by atoms with Crippen molar-refractivity contribution in [3.8, 4) is 0 Å². The molecule has 0 spiro atoms. The zero-order valence-corrected chi connectivity index (χ0v) is 11.5. The average molecular weight is 302 g/mol. The fourth-order valence-electron chi connectivity index (χ4n) is 1.68. The first kappa shape index (κ1) is 14.9. The molecule has 0 fully saturated rings. The molecule has 0 saturated carbocycles. The summed E-state index contributed by atoms with van der Waals surface area (Å²) in [7, 11) is 0. The second-order valence-corrected chi connectivity index (χ2v) is 5.22. The third kappa shape index (κ3) is 3.55. The number of halogens is 3. The number of hydrogen-bond donors (Lipinski definition) is 1. The van der Waals surface area contributed by atoms with Gasteiger partial charge in [0.2, 0.25) is 0 Å². The standard InChI is InChI=1S/C13H13F3N2OS/c1-8-7-19-12(18-8)20-11-3-2-9(4-5-17)6-10(11)13(14,15)16/h2-3,6-7H,4-5,17H2,1H3. The fourth-order valence-corrected chi connectivity index (χ4v) is 2.58. The summed E-state index contributed by atoms with van der Waals surface area (Å²) in [6.07, 6.45) is -2.61. The van der Waals surface area contributed by atoms with Crippen molar-refractivity contribution < 1.29 is 17.6 Å². The van der Waals surface area contributed by atoms with E-state index in [1.165, 1.54) is 12.3 Å². The highest BCUT2D eigenvalue weighted by Gasteiger charge is 2.34. The van der Waals surface area contributed by atoms with Crippen LogP contribution in [0.1, 0.15) is 16.8 Å². The minimum atomic E-state index is -4.42. The molecule has 0 amide bonds. The van der Waals surface area contributed by atoms with E-state index in [4.69, 9.17) is 10.2 Å². The van der Waals surface area contributed by atoms with E-state index >= 15 is 0 Å². The minimum Gasteiger partial charge on any atom is -0.439 e. The van der Waals surface area contributed by atoms with Gasteiger partial charge in [0, 0.05) is 4.90 Å². The summed E-state index contributed by atoms with van der Waals surface area (Å²) in [4.78, 5) is 4.07. The van der Waals surface area contributed by atoms with Crippen LogP contribution in [-0.4, -0.2) is 11.5 Å². The van der Waals surface area contributed by atoms with Crippen LogP contribution in [0.25, 0.3) is 0 Å². The molecule has 0 aliphatic heterocycles. The molecule has 0 unspecified atom stereocenters. The zero-order chi connectivity index (χ0) is 14.8. The van der Waals surface area contributed by atoms with Crippen LogP contribution in [-0.2, 0) is 12.6 Å². The van der Waals surface area contributed by atoms with Crippen molar-refractivity contribution in [2.75, 3.05) is 6.54 Å². The quantitative estimate of drug-likeness (QED) is 0.936. The summed E-state index contributed by atoms with van der Waals surface area (Å²) in [6, 6.07) is 4.20. The number of alkyl halides is 3. The molecule has 0 saturated heterocycles. The first-order valence-electron chi connectivity index (χ1n) is 5.90. The van der Waals surface area contributed by atoms with Crippen LogP contribution < -0.4 is 5.73 Å². The van der Waals surface area contributed by atoms with Crippen molar-refractivity contribution in [3.05, 3.63) is 41.3 Å². The molecular formula is C13H13F3N2OS. The lowest BCUT2D eigenvalue weighted by Crippen LogP contribution is -2.09. The zero-order valence-electron chi connectivity index (χ0n) is 10.7. The highest BCUT2D eigenvalue weighted by molar-refractivity contribution is 7.99. The molecule has 2 aromatic rings. The SMILES string of the molecule is Cc1coc(Sc2ccc(CCN)cc2C(F)(F)F)n1. The summed E-state index contributed by atoms with van der Waals surface area (Å²) < 4.78 is 44.3. The van der Waals surface area contributed by atoms with Crippen molar-refractivity contribution in [2.45, 2.75) is 29.6 Å². The Labute approximate surface area is 118 Å². The molecule has 1 heterocycles. The van der Waals surface area contributed by atoms with Gasteiger partial charge in [0.1, 0.15) is 6.26 Å². The summed E-state index contributed by atoms with van der Waals surface area (Å²) in [5, 5.41) is 0.194. The van der Waals surface area contributed by atoms with Crippen LogP contribution >= 0.6 is 11.8 Å². The highest BCUT2D eigenvalue weighted by Crippen LogP contribution is 2.39. The van der Waals surface area contributed by atoms with Crippen LogP contribution in [0.5, 0.6) is 0 Å². The third-order valence-corrected chi connectivity index (χ3v) is 3.52. The van der Waals surface area contributed by atoms with Crippen molar-refractivity contribution in [3.63, 3.8) is 0 Å². The van der Waals surface area contributed by atoms with Crippen LogP contribution in [0.15, 0.2) is 39.0 Å². The second kappa shape index (κ2) is 5.88. The van der Waals surface area contributed by atoms with Gasteiger partial charge >= 0.3 is 6.18 Å². The van der Waals surface area contributed by atoms with Crippen molar-refractivity contribution >= 4 is 11.8 Å². The molecule has 108 valence electrons. The second-order valence-electron chi connectivity index (χ2n) is 4.22. The number of hydrogen-bond acceptors (Lipinski definition) is 4. The lowest BCUT2D eigenvalue weighted by atomic mass is 10.1. The Kier molecular flexibility index (Phi) is 4.39. The molecule has 2 rings (SSSR count). The van der Waals surface area contributed by atoms with Crippen molar-refractivity contribution in [1.82, 2.24) is 4.98 Å². The molecule has 0 radical (unpaired) electrons. The molecule has 20 heavy (non-hydrogen) atoms. The Bertz CT molecular complexity index is 596. The van der Waals surface area contributed by atoms with Gasteiger partial charge in [-0.3, -0.25) is 0 Å². The topological polar surface area (TPSA) is 52.0 Å². The van der Waals surface area contributed by atoms with E-state index in [0.717, 1.165) is 17.8 Å². The molecule has 0 atom stereocenters. The summed E-state index contributed by atoms with van der Waals surface area (Å²) in [5.74, 6) is 0. The fraction of sp³-hybridized carbons (Fsp3) is 0.308. The van der Waals surface area contributed by atoms with Crippen molar-refractivity contribution in [1.29, 1.82) is 0 Å². The normalized spacial score (nSPS) is 11.8. The maximum absolute atomic E-state index is 13.1. The average Bonchev–Trinajstić information content (AvgIpc) is 2.76. The molecule has 0 aliphatic rings. The Balaban J connectivity index is 2.36. The third-order valence-electron chi connectivity index (χ3n) is 2.58. The predicted octanol–water partition coefficient (Wildman–Crippen LogP) is 3.65. The molecule has 3 nitrogen and oxygen atoms in total. The lowest BCUT2D eigenvalue weighted by Gasteiger charge is -2.13. The van der Waals surface area contributed by atoms with Gasteiger partial charge in [-0.05, 0) is 49.3 Å². The van der Waals surface area contributed by atoms with E-state index in [1.807, 2.05) is 0 Å². The highest BCUT2D eigenvalue weighted by atomic mass is 32.2. The van der Waals surface area contributed by atoms with E-state index < -0.39 is 11.7 Å². The maximum Gasteiger partial charge on any atom is 0.417 e. The Morgan fingerprint density at radius 3 is 2.65 bits per heavy atom. The maximum atomic E-state index is 13.1. The smallest absolute Gasteiger partial charge is 0.417 e. The van der Waals surface area contributed by atoms with Crippen LogP contribution in [0, 0.1) is 6.92 Å². The van der Waals surface area contributed by atoms with E-state index in [1.54, 1.807) is 13.0 Å². The van der Waals surface area contributed by atoms with E-state index in [0.29, 0.717) is 24.2 Å². The largest absolute Gasteiger partial charge is 0.439 e. The Morgan fingerprint density at radius 1 is 1.35 bits per heavy atom. The molecule has 7 heteroatoms. The number of aromatic nitrogens is 1. The molecule has 0 aliphatic carbocycles. The number of nitrogens with two attached hydrogens (primary N) is 1. The van der Waals surface area contributed by atoms with Crippen LogP contribution in [0.3, 0.4) is 0 Å². The van der Waals surface area contributed by atoms with E-state index in [2.05, 4.69) is 4.98 Å². The van der Waals surface area contributed by atoms with Gasteiger partial charge in [0.05, 0.1) is 11.3 Å². The Hall–Kier alpha value is -1.47. The van der Waals surface area contributed by atoms with Gasteiger partial charge in [-0.2, -0.15) is 13.2 Å². The van der Waals surface area contributed by atoms with Crippen LogP contribution in [0.4, 0.5) is 13.2 Å². The molecule has 0 bridgehead atoms. The summed E-state index contributed by atoms with van der Waals surface area (Å²) in [6.45, 7) is 2.02. The Morgan fingerprint density at radius 2 is 2.10 bits per heavy atom. The molecular weight excluding hydrogens is 289 g/mol. The van der Waals surface area contributed by atoms with Crippen molar-refractivity contribution in [2.24, 2.45) is 5.73 Å². The molecule has 1 aromatic heterocycles. The first-order chi connectivity index (χ1) is 9.40. The van der Waals surface area contributed by atoms with Gasteiger partial charge in [0.15, 0.2) is 0 Å². The van der Waals surface area contributed by atoms with Gasteiger partial charge in [-0.25, -0.2) is 4.98 Å². The molecule has 2 N–H and O–H groups in total. The van der Waals surface area contributed by atoms with Gasteiger partial charge in [-0.1, -0.05) is 6.07 Å². The van der Waals surface area contributed by atoms with Crippen LogP contribution in [0.2, 0.25) is 0 Å². The number of benzene rings is 1. The lowest BCUT2D eigenvalue weighted by molar-refractivity contribution is -0.139. The van der Waals surface area contributed by atoms with E-state index in [-0.39, 0.29) is 10.1 Å². The number of nitrogens with zero attached hydrogens (tertiary/aromatic N) is 1. The van der Waals surface area contributed by atoms with Gasteiger partial charge < -0.3 is 10.2 Å².